The molecule has 2 aromatic carbocycles. The molecule has 2 aliphatic rings. The van der Waals surface area contributed by atoms with Crippen molar-refractivity contribution in [3.05, 3.63) is 101 Å². The van der Waals surface area contributed by atoms with Crippen molar-refractivity contribution < 1.29 is 27.9 Å². The maximum Gasteiger partial charge on any atom is 0.307 e. The van der Waals surface area contributed by atoms with Crippen LogP contribution in [0.4, 0.5) is 0 Å². The summed E-state index contributed by atoms with van der Waals surface area (Å²) < 4.78 is 28.5. The first kappa shape index (κ1) is 33.6. The molecular weight excluding hydrogens is 646 g/mol. The van der Waals surface area contributed by atoms with E-state index in [4.69, 9.17) is 0 Å². The van der Waals surface area contributed by atoms with E-state index in [9.17, 15) is 27.9 Å². The highest BCUT2D eigenvalue weighted by Gasteiger charge is 2.59. The monoisotopic (exact) mass is 683 g/mol. The summed E-state index contributed by atoms with van der Waals surface area (Å²) in [4.78, 5) is 39.1. The van der Waals surface area contributed by atoms with E-state index < -0.39 is 15.8 Å². The number of carbonyl (C=O) groups excluding carboxylic acids is 2. The Kier molecular flexibility index (Phi) is 9.93. The third kappa shape index (κ3) is 8.25. The van der Waals surface area contributed by atoms with Crippen LogP contribution in [0.5, 0.6) is 0 Å². The van der Waals surface area contributed by atoms with Crippen molar-refractivity contribution in [3.8, 4) is 11.8 Å². The minimum atomic E-state index is -3.87. The fraction of sp³-hybridized carbons (Fsp3) is 0.343. The van der Waals surface area contributed by atoms with E-state index in [0.717, 1.165) is 25.1 Å². The summed E-state index contributed by atoms with van der Waals surface area (Å²) in [5.41, 5.74) is 2.89. The van der Waals surface area contributed by atoms with Crippen LogP contribution in [0.2, 0.25) is 0 Å². The molecule has 1 aliphatic carbocycles. The van der Waals surface area contributed by atoms with Crippen molar-refractivity contribution in [1.29, 1.82) is 0 Å². The van der Waals surface area contributed by atoms with Gasteiger partial charge in [-0.05, 0) is 78.8 Å². The molecule has 2 fully saturated rings. The van der Waals surface area contributed by atoms with Gasteiger partial charge in [0.1, 0.15) is 0 Å². The first-order chi connectivity index (χ1) is 23.6. The molecule has 4 aromatic rings. The van der Waals surface area contributed by atoms with Gasteiger partial charge in [-0.25, -0.2) is 8.42 Å². The number of likely N-dealkylation sites (tertiary alicyclic amines) is 1. The predicted octanol–water partition coefficient (Wildman–Crippen LogP) is 1.87. The first-order valence-electron chi connectivity index (χ1n) is 16.0. The van der Waals surface area contributed by atoms with Gasteiger partial charge in [0.25, 0.3) is 11.8 Å². The third-order valence-electron chi connectivity index (χ3n) is 8.92. The van der Waals surface area contributed by atoms with Gasteiger partial charge in [0.05, 0.1) is 28.5 Å². The standard InChI is InChI=1S/C35H37N7O6S/c1-41-15-12-28(40-41)22-49(47,48)31-11-10-27(34(44)36-13-2-3-24-18-38-39-19-24)17-26(31)9-6-23-4-7-25(8-5-23)33(43)37-14-16-42-20-29-30(21-42)32(29)35(45)46/h4-5,7-8,10-12,15,17-19,29-30,32H,2-3,13-14,16,20-22H2,1H3,(H,36,44)(H,37,43)(H,38,39)(H,45,46). The largest absolute Gasteiger partial charge is 0.481 e. The highest BCUT2D eigenvalue weighted by molar-refractivity contribution is 7.90. The van der Waals surface area contributed by atoms with Crippen molar-refractivity contribution in [3.63, 3.8) is 0 Å². The maximum atomic E-state index is 13.5. The lowest BCUT2D eigenvalue weighted by Crippen LogP contribution is -2.35. The van der Waals surface area contributed by atoms with Gasteiger partial charge in [0.15, 0.2) is 9.84 Å². The summed E-state index contributed by atoms with van der Waals surface area (Å²) in [6, 6.07) is 12.7. The molecule has 1 saturated heterocycles. The third-order valence-corrected chi connectivity index (χ3v) is 10.6. The van der Waals surface area contributed by atoms with Crippen LogP contribution in [0.25, 0.3) is 0 Å². The molecule has 2 amide bonds. The molecule has 2 atom stereocenters. The number of fused-ring (bicyclic) bond motifs is 1. The van der Waals surface area contributed by atoms with Crippen molar-refractivity contribution >= 4 is 27.6 Å². The van der Waals surface area contributed by atoms with Crippen LogP contribution >= 0.6 is 0 Å². The Balaban J connectivity index is 1.11. The number of rotatable bonds is 13. The normalized spacial score (nSPS) is 18.3. The Morgan fingerprint density at radius 2 is 1.69 bits per heavy atom. The van der Waals surface area contributed by atoms with Crippen molar-refractivity contribution in [2.24, 2.45) is 24.8 Å². The lowest BCUT2D eigenvalue weighted by Gasteiger charge is -2.18. The second kappa shape index (κ2) is 14.5. The van der Waals surface area contributed by atoms with E-state index in [2.05, 4.69) is 42.7 Å². The van der Waals surface area contributed by atoms with Gasteiger partial charge >= 0.3 is 5.97 Å². The van der Waals surface area contributed by atoms with Crippen LogP contribution in [0, 0.1) is 29.6 Å². The van der Waals surface area contributed by atoms with Crippen molar-refractivity contribution in [2.45, 2.75) is 23.5 Å². The Morgan fingerprint density at radius 1 is 0.980 bits per heavy atom. The molecular formula is C35H37N7O6S. The van der Waals surface area contributed by atoms with Gasteiger partial charge in [-0.1, -0.05) is 11.8 Å². The van der Waals surface area contributed by atoms with Gasteiger partial charge < -0.3 is 20.6 Å². The number of aromatic amines is 1. The molecule has 1 saturated carbocycles. The SMILES string of the molecule is Cn1ccc(CS(=O)(=O)c2ccc(C(=O)NCCCc3cn[nH]c3)cc2C#Cc2ccc(C(=O)NCCN3CC4C(C3)C4C(=O)O)cc2)n1. The molecule has 3 heterocycles. The lowest BCUT2D eigenvalue weighted by atomic mass is 10.1. The molecule has 13 nitrogen and oxygen atoms in total. The Bertz CT molecular complexity index is 2000. The molecule has 2 aromatic heterocycles. The molecule has 6 rings (SSSR count). The summed E-state index contributed by atoms with van der Waals surface area (Å²) >= 11 is 0. The number of carboxylic acid groups (broad SMARTS) is 1. The molecule has 0 bridgehead atoms. The van der Waals surface area contributed by atoms with Crippen LogP contribution in [0.3, 0.4) is 0 Å². The second-order valence-electron chi connectivity index (χ2n) is 12.5. The van der Waals surface area contributed by atoms with Crippen LogP contribution in [-0.4, -0.2) is 88.9 Å². The molecule has 254 valence electrons. The van der Waals surface area contributed by atoms with Crippen LogP contribution < -0.4 is 10.6 Å². The number of sulfone groups is 1. The Morgan fingerprint density at radius 3 is 2.37 bits per heavy atom. The number of aliphatic carboxylic acids is 1. The molecule has 0 radical (unpaired) electrons. The number of benzene rings is 2. The van der Waals surface area contributed by atoms with Crippen molar-refractivity contribution in [2.75, 3.05) is 32.7 Å². The smallest absolute Gasteiger partial charge is 0.307 e. The van der Waals surface area contributed by atoms with Gasteiger partial charge in [0.2, 0.25) is 0 Å². The number of hydrogen-bond acceptors (Lipinski definition) is 8. The van der Waals surface area contributed by atoms with Gasteiger partial charge in [-0.2, -0.15) is 10.2 Å². The quantitative estimate of drug-likeness (QED) is 0.121. The number of H-pyrrole nitrogens is 1. The number of amides is 2. The topological polar surface area (TPSA) is 179 Å². The molecule has 0 spiro atoms. The second-order valence-corrected chi connectivity index (χ2v) is 14.4. The highest BCUT2D eigenvalue weighted by Crippen LogP contribution is 2.51. The molecule has 2 unspecified atom stereocenters. The average molecular weight is 684 g/mol. The van der Waals surface area contributed by atoms with E-state index in [1.165, 1.54) is 22.9 Å². The number of nitrogens with one attached hydrogen (secondary N) is 3. The number of carboxylic acids is 1. The fourth-order valence-corrected chi connectivity index (χ4v) is 7.72. The summed E-state index contributed by atoms with van der Waals surface area (Å²) in [5, 5.41) is 25.9. The average Bonchev–Trinajstić information content (AvgIpc) is 3.50. The van der Waals surface area contributed by atoms with E-state index >= 15 is 0 Å². The molecule has 1 aliphatic heterocycles. The molecule has 14 heteroatoms. The van der Waals surface area contributed by atoms with E-state index in [0.29, 0.717) is 42.9 Å². The highest BCUT2D eigenvalue weighted by atomic mass is 32.2. The zero-order valence-corrected chi connectivity index (χ0v) is 27.7. The number of aromatic nitrogens is 4. The predicted molar refractivity (Wildman–Crippen MR) is 179 cm³/mol. The molecule has 49 heavy (non-hydrogen) atoms. The van der Waals surface area contributed by atoms with E-state index in [1.807, 2.05) is 0 Å². The summed E-state index contributed by atoms with van der Waals surface area (Å²) in [7, 11) is -2.16. The van der Waals surface area contributed by atoms with Crippen LogP contribution in [0.15, 0.2) is 72.0 Å². The van der Waals surface area contributed by atoms with Gasteiger partial charge in [0, 0.05) is 74.4 Å². The van der Waals surface area contributed by atoms with Crippen LogP contribution in [-0.2, 0) is 33.9 Å². The number of carbonyl (C=O) groups is 3. The minimum Gasteiger partial charge on any atom is -0.481 e. The molecule has 4 N–H and O–H groups in total. The zero-order valence-electron chi connectivity index (χ0n) is 26.9. The summed E-state index contributed by atoms with van der Waals surface area (Å²) in [6.45, 7) is 3.02. The van der Waals surface area contributed by atoms with E-state index in [1.54, 1.807) is 56.0 Å². The minimum absolute atomic E-state index is 0.00746. The Hall–Kier alpha value is -5.26. The number of nitrogens with zero attached hydrogens (tertiary/aromatic N) is 4. The number of aryl methyl sites for hydroxylation is 2. The van der Waals surface area contributed by atoms with Crippen molar-refractivity contribution in [1.82, 2.24) is 35.5 Å². The first-order valence-corrected chi connectivity index (χ1v) is 17.7. The zero-order chi connectivity index (χ0) is 34.5. The van der Waals surface area contributed by atoms with Crippen LogP contribution in [0.1, 0.15) is 49.5 Å². The maximum absolute atomic E-state index is 13.5. The van der Waals surface area contributed by atoms with E-state index in [-0.39, 0.29) is 51.3 Å². The Labute approximate surface area is 284 Å². The fourth-order valence-electron chi connectivity index (χ4n) is 6.30. The summed E-state index contributed by atoms with van der Waals surface area (Å²) in [6.07, 6.45) is 6.66. The number of hydrogen-bond donors (Lipinski definition) is 4. The summed E-state index contributed by atoms with van der Waals surface area (Å²) in [5.74, 6) is 4.55. The van der Waals surface area contributed by atoms with Gasteiger partial charge in [-0.3, -0.25) is 24.2 Å². The number of piperidine rings is 1. The van der Waals surface area contributed by atoms with Gasteiger partial charge in [-0.15, -0.1) is 0 Å². The lowest BCUT2D eigenvalue weighted by molar-refractivity contribution is -0.139.